The molecule has 6 heteroatoms. The quantitative estimate of drug-likeness (QED) is 0.697. The van der Waals surface area contributed by atoms with Gasteiger partial charge in [0, 0.05) is 13.0 Å². The molecule has 1 aromatic carbocycles. The summed E-state index contributed by atoms with van der Waals surface area (Å²) >= 11 is 0. The summed E-state index contributed by atoms with van der Waals surface area (Å²) in [6.45, 7) is 8.00. The van der Waals surface area contributed by atoms with Crippen molar-refractivity contribution >= 4 is 0 Å². The molecule has 1 aliphatic heterocycles. The monoisotopic (exact) mass is 330 g/mol. The molecule has 2 heterocycles. The lowest BCUT2D eigenvalue weighted by molar-refractivity contribution is -1.02. The Balaban J connectivity index is 1.70. The molecule has 1 aliphatic rings. The second-order valence-corrected chi connectivity index (χ2v) is 6.95. The second kappa shape index (κ2) is 8.35. The van der Waals surface area contributed by atoms with Crippen molar-refractivity contribution in [1.82, 2.24) is 20.2 Å². The molecule has 0 amide bonds. The maximum absolute atomic E-state index is 4.42. The van der Waals surface area contributed by atoms with E-state index in [1.54, 1.807) is 9.80 Å². The smallest absolute Gasteiger partial charge is 0.209 e. The highest BCUT2D eigenvalue weighted by Crippen LogP contribution is 2.13. The highest BCUT2D eigenvalue weighted by Gasteiger charge is 2.32. The Bertz CT molecular complexity index is 603. The molecule has 1 saturated heterocycles. The van der Waals surface area contributed by atoms with E-state index in [9.17, 15) is 0 Å². The molecule has 1 aromatic heterocycles. The number of piperazine rings is 1. The first-order valence-corrected chi connectivity index (χ1v) is 9.23. The standard InChI is InChI=1S/C18H28N6/c1-3-7-17(23-14-12-22(2)13-15-23)18-19-20-21-24(18)11-10-16-8-5-4-6-9-16/h4-6,8-9,17H,3,7,10-15H2,1-2H3/p+2/t17-/m1/s1. The molecule has 1 atom stereocenters. The van der Waals surface area contributed by atoms with Crippen LogP contribution in [0.1, 0.15) is 37.2 Å². The summed E-state index contributed by atoms with van der Waals surface area (Å²) in [5, 5.41) is 12.7. The normalized spacial score (nSPS) is 22.4. The van der Waals surface area contributed by atoms with Gasteiger partial charge in [-0.2, -0.15) is 0 Å². The van der Waals surface area contributed by atoms with Crippen molar-refractivity contribution in [3.8, 4) is 0 Å². The molecule has 2 aromatic rings. The van der Waals surface area contributed by atoms with Crippen LogP contribution in [0.15, 0.2) is 30.3 Å². The average molecular weight is 330 g/mol. The number of tetrazole rings is 1. The molecular formula is C18H30N6+2. The first-order chi connectivity index (χ1) is 11.8. The van der Waals surface area contributed by atoms with Gasteiger partial charge in [0.2, 0.25) is 5.82 Å². The highest BCUT2D eigenvalue weighted by atomic mass is 15.5. The third-order valence-electron chi connectivity index (χ3n) is 5.14. The number of aryl methyl sites for hydroxylation is 2. The van der Waals surface area contributed by atoms with Crippen molar-refractivity contribution in [3.05, 3.63) is 41.7 Å². The number of rotatable bonds is 7. The topological polar surface area (TPSA) is 52.5 Å². The largest absolute Gasteiger partial charge is 0.328 e. The third-order valence-corrected chi connectivity index (χ3v) is 5.14. The zero-order chi connectivity index (χ0) is 16.8. The molecule has 0 unspecified atom stereocenters. The lowest BCUT2D eigenvalue weighted by atomic mass is 10.1. The van der Waals surface area contributed by atoms with Gasteiger partial charge < -0.3 is 9.80 Å². The number of aromatic nitrogens is 4. The second-order valence-electron chi connectivity index (χ2n) is 6.95. The molecule has 24 heavy (non-hydrogen) atoms. The number of nitrogens with zero attached hydrogens (tertiary/aromatic N) is 4. The van der Waals surface area contributed by atoms with Gasteiger partial charge in [0.15, 0.2) is 0 Å². The molecule has 0 saturated carbocycles. The average Bonchev–Trinajstić information content (AvgIpc) is 3.08. The highest BCUT2D eigenvalue weighted by molar-refractivity contribution is 5.14. The zero-order valence-corrected chi connectivity index (χ0v) is 14.9. The predicted octanol–water partition coefficient (Wildman–Crippen LogP) is -0.830. The van der Waals surface area contributed by atoms with E-state index in [1.807, 2.05) is 4.68 Å². The van der Waals surface area contributed by atoms with Crippen molar-refractivity contribution in [3.63, 3.8) is 0 Å². The zero-order valence-electron chi connectivity index (χ0n) is 14.9. The maximum Gasteiger partial charge on any atom is 0.209 e. The fourth-order valence-electron chi connectivity index (χ4n) is 3.65. The van der Waals surface area contributed by atoms with Gasteiger partial charge in [0.1, 0.15) is 32.2 Å². The number of hydrogen-bond acceptors (Lipinski definition) is 3. The molecule has 1 fully saturated rings. The third kappa shape index (κ3) is 4.19. The van der Waals surface area contributed by atoms with Crippen molar-refractivity contribution in [2.24, 2.45) is 0 Å². The Labute approximate surface area is 144 Å². The summed E-state index contributed by atoms with van der Waals surface area (Å²) in [5.41, 5.74) is 1.33. The van der Waals surface area contributed by atoms with E-state index in [2.05, 4.69) is 59.8 Å². The van der Waals surface area contributed by atoms with Gasteiger partial charge in [0.25, 0.3) is 0 Å². The van der Waals surface area contributed by atoms with E-state index in [0.717, 1.165) is 25.2 Å². The predicted molar refractivity (Wildman–Crippen MR) is 92.9 cm³/mol. The van der Waals surface area contributed by atoms with Crippen molar-refractivity contribution in [2.75, 3.05) is 33.2 Å². The van der Waals surface area contributed by atoms with Crippen LogP contribution >= 0.6 is 0 Å². The molecule has 2 N–H and O–H groups in total. The summed E-state index contributed by atoms with van der Waals surface area (Å²) in [4.78, 5) is 3.29. The van der Waals surface area contributed by atoms with Gasteiger partial charge in [-0.25, -0.2) is 4.68 Å². The van der Waals surface area contributed by atoms with E-state index in [1.165, 1.54) is 38.2 Å². The minimum absolute atomic E-state index is 0.425. The van der Waals surface area contributed by atoms with Crippen LogP contribution in [0.4, 0.5) is 0 Å². The van der Waals surface area contributed by atoms with Crippen molar-refractivity contribution in [1.29, 1.82) is 0 Å². The molecule has 0 aliphatic carbocycles. The van der Waals surface area contributed by atoms with Gasteiger partial charge in [-0.05, 0) is 22.4 Å². The first kappa shape index (κ1) is 17.0. The Kier molecular flexibility index (Phi) is 5.93. The van der Waals surface area contributed by atoms with E-state index in [0.29, 0.717) is 6.04 Å². The lowest BCUT2D eigenvalue weighted by Gasteiger charge is -2.32. The summed E-state index contributed by atoms with van der Waals surface area (Å²) in [6, 6.07) is 11.0. The number of nitrogens with one attached hydrogen (secondary N) is 2. The summed E-state index contributed by atoms with van der Waals surface area (Å²) < 4.78 is 2.03. The van der Waals surface area contributed by atoms with Gasteiger partial charge in [-0.15, -0.1) is 5.10 Å². The van der Waals surface area contributed by atoms with Gasteiger partial charge in [-0.1, -0.05) is 43.7 Å². The fraction of sp³-hybridized carbons (Fsp3) is 0.611. The van der Waals surface area contributed by atoms with Crippen LogP contribution in [0.2, 0.25) is 0 Å². The Morgan fingerprint density at radius 1 is 1.12 bits per heavy atom. The minimum atomic E-state index is 0.425. The van der Waals surface area contributed by atoms with Crippen molar-refractivity contribution < 1.29 is 9.80 Å². The van der Waals surface area contributed by atoms with Crippen LogP contribution in [-0.2, 0) is 13.0 Å². The van der Waals surface area contributed by atoms with Crippen LogP contribution in [-0.4, -0.2) is 53.4 Å². The Morgan fingerprint density at radius 3 is 2.58 bits per heavy atom. The van der Waals surface area contributed by atoms with Crippen LogP contribution in [0.3, 0.4) is 0 Å². The van der Waals surface area contributed by atoms with Crippen LogP contribution < -0.4 is 9.80 Å². The molecule has 0 radical (unpaired) electrons. The SMILES string of the molecule is CCC[C@H](c1nnnn1CCc1ccccc1)[NH+]1CC[NH+](C)CC1. The molecule has 3 rings (SSSR count). The molecule has 0 spiro atoms. The van der Waals surface area contributed by atoms with E-state index in [4.69, 9.17) is 0 Å². The Hall–Kier alpha value is -1.79. The van der Waals surface area contributed by atoms with Crippen molar-refractivity contribution in [2.45, 2.75) is 38.8 Å². The molecule has 0 bridgehead atoms. The van der Waals surface area contributed by atoms with Gasteiger partial charge in [-0.3, -0.25) is 0 Å². The van der Waals surface area contributed by atoms with E-state index in [-0.39, 0.29) is 0 Å². The molecule has 6 nitrogen and oxygen atoms in total. The van der Waals surface area contributed by atoms with Crippen LogP contribution in [0.5, 0.6) is 0 Å². The van der Waals surface area contributed by atoms with E-state index >= 15 is 0 Å². The molecule has 130 valence electrons. The maximum atomic E-state index is 4.42. The van der Waals surface area contributed by atoms with Gasteiger partial charge >= 0.3 is 0 Å². The summed E-state index contributed by atoms with van der Waals surface area (Å²) in [6.07, 6.45) is 3.29. The summed E-state index contributed by atoms with van der Waals surface area (Å²) in [7, 11) is 2.29. The summed E-state index contributed by atoms with van der Waals surface area (Å²) in [5.74, 6) is 1.07. The van der Waals surface area contributed by atoms with Crippen LogP contribution in [0, 0.1) is 0 Å². The first-order valence-electron chi connectivity index (χ1n) is 9.23. The molecular weight excluding hydrogens is 300 g/mol. The number of quaternary nitrogens is 2. The van der Waals surface area contributed by atoms with E-state index < -0.39 is 0 Å². The number of hydrogen-bond donors (Lipinski definition) is 2. The fourth-order valence-corrected chi connectivity index (χ4v) is 3.65. The minimum Gasteiger partial charge on any atom is -0.328 e. The number of benzene rings is 1. The van der Waals surface area contributed by atoms with Gasteiger partial charge in [0.05, 0.1) is 7.05 Å². The lowest BCUT2D eigenvalue weighted by Crippen LogP contribution is -3.27. The van der Waals surface area contributed by atoms with Crippen LogP contribution in [0.25, 0.3) is 0 Å². The number of likely N-dealkylation sites (N-methyl/N-ethyl adjacent to an activating group) is 1. The Morgan fingerprint density at radius 2 is 1.88 bits per heavy atom.